The standard InChI is InChI=1S/C9H22N2O3S/c1-9(2)10-15(13,14)11(3)7-5-4-6-8-12/h9-10,12H,4-8H2,1-3H3. The van der Waals surface area contributed by atoms with E-state index in [0.29, 0.717) is 6.54 Å². The smallest absolute Gasteiger partial charge is 0.279 e. The molecular formula is C9H22N2O3S. The third-order valence-electron chi connectivity index (χ3n) is 1.93. The molecule has 0 aromatic rings. The number of hydrogen-bond donors (Lipinski definition) is 2. The molecule has 0 unspecified atom stereocenters. The second-order valence-electron chi connectivity index (χ2n) is 3.88. The van der Waals surface area contributed by atoms with Crippen molar-refractivity contribution in [1.29, 1.82) is 0 Å². The maximum atomic E-state index is 11.6. The van der Waals surface area contributed by atoms with Crippen LogP contribution in [0.2, 0.25) is 0 Å². The third kappa shape index (κ3) is 6.83. The van der Waals surface area contributed by atoms with E-state index in [-0.39, 0.29) is 12.6 Å². The molecule has 0 rings (SSSR count). The highest BCUT2D eigenvalue weighted by molar-refractivity contribution is 7.87. The molecule has 0 aromatic carbocycles. The lowest BCUT2D eigenvalue weighted by Crippen LogP contribution is -2.41. The van der Waals surface area contributed by atoms with Gasteiger partial charge < -0.3 is 5.11 Å². The number of rotatable bonds is 8. The molecule has 6 heteroatoms. The Morgan fingerprint density at radius 1 is 1.27 bits per heavy atom. The minimum Gasteiger partial charge on any atom is -0.396 e. The second-order valence-corrected chi connectivity index (χ2v) is 5.69. The Balaban J connectivity index is 3.92. The third-order valence-corrected chi connectivity index (χ3v) is 3.70. The molecule has 0 atom stereocenters. The highest BCUT2D eigenvalue weighted by atomic mass is 32.2. The van der Waals surface area contributed by atoms with Crippen LogP contribution in [0.3, 0.4) is 0 Å². The van der Waals surface area contributed by atoms with Gasteiger partial charge in [-0.2, -0.15) is 17.4 Å². The van der Waals surface area contributed by atoms with Crippen LogP contribution in [0.1, 0.15) is 33.1 Å². The van der Waals surface area contributed by atoms with Crippen LogP contribution in [0.15, 0.2) is 0 Å². The second kappa shape index (κ2) is 7.16. The topological polar surface area (TPSA) is 69.6 Å². The monoisotopic (exact) mass is 238 g/mol. The van der Waals surface area contributed by atoms with Crippen LogP contribution >= 0.6 is 0 Å². The molecule has 0 aliphatic carbocycles. The van der Waals surface area contributed by atoms with Gasteiger partial charge in [-0.25, -0.2) is 0 Å². The molecule has 2 N–H and O–H groups in total. The van der Waals surface area contributed by atoms with E-state index in [1.165, 1.54) is 4.31 Å². The molecule has 0 heterocycles. The van der Waals surface area contributed by atoms with Gasteiger partial charge in [0, 0.05) is 26.2 Å². The van der Waals surface area contributed by atoms with Crippen LogP contribution in [-0.2, 0) is 10.2 Å². The molecule has 0 amide bonds. The zero-order chi connectivity index (χ0) is 11.9. The SMILES string of the molecule is CC(C)NS(=O)(=O)N(C)CCCCCO. The summed E-state index contributed by atoms with van der Waals surface area (Å²) in [7, 11) is -1.77. The minimum atomic E-state index is -3.33. The van der Waals surface area contributed by atoms with Crippen molar-refractivity contribution in [3.05, 3.63) is 0 Å². The van der Waals surface area contributed by atoms with Crippen molar-refractivity contribution in [3.63, 3.8) is 0 Å². The van der Waals surface area contributed by atoms with Gasteiger partial charge in [-0.05, 0) is 33.1 Å². The summed E-state index contributed by atoms with van der Waals surface area (Å²) in [6.45, 7) is 4.23. The van der Waals surface area contributed by atoms with E-state index in [2.05, 4.69) is 4.72 Å². The van der Waals surface area contributed by atoms with Crippen LogP contribution in [0.4, 0.5) is 0 Å². The van der Waals surface area contributed by atoms with Gasteiger partial charge in [0.05, 0.1) is 0 Å². The van der Waals surface area contributed by atoms with Crippen molar-refractivity contribution >= 4 is 10.2 Å². The van der Waals surface area contributed by atoms with E-state index < -0.39 is 10.2 Å². The Hall–Kier alpha value is -0.170. The fourth-order valence-corrected chi connectivity index (χ4v) is 2.28. The molecule has 0 radical (unpaired) electrons. The fourth-order valence-electron chi connectivity index (χ4n) is 1.13. The Morgan fingerprint density at radius 2 is 1.87 bits per heavy atom. The average molecular weight is 238 g/mol. The van der Waals surface area contributed by atoms with Crippen molar-refractivity contribution in [2.24, 2.45) is 0 Å². The predicted octanol–water partition coefficient (Wildman–Crippen LogP) is 0.324. The Labute approximate surface area is 92.7 Å². The van der Waals surface area contributed by atoms with E-state index in [1.54, 1.807) is 20.9 Å². The van der Waals surface area contributed by atoms with Crippen molar-refractivity contribution in [1.82, 2.24) is 9.03 Å². The molecule has 0 aromatic heterocycles. The van der Waals surface area contributed by atoms with E-state index in [4.69, 9.17) is 5.11 Å². The van der Waals surface area contributed by atoms with Crippen molar-refractivity contribution in [2.75, 3.05) is 20.2 Å². The van der Waals surface area contributed by atoms with Gasteiger partial charge in [0.2, 0.25) is 0 Å². The van der Waals surface area contributed by atoms with Crippen LogP contribution < -0.4 is 4.72 Å². The number of unbranched alkanes of at least 4 members (excludes halogenated alkanes) is 2. The lowest BCUT2D eigenvalue weighted by atomic mass is 10.2. The summed E-state index contributed by atoms with van der Waals surface area (Å²) in [6, 6.07) is -0.0881. The first kappa shape index (κ1) is 14.8. The Morgan fingerprint density at radius 3 is 2.33 bits per heavy atom. The summed E-state index contributed by atoms with van der Waals surface area (Å²) in [5.41, 5.74) is 0. The van der Waals surface area contributed by atoms with Crippen LogP contribution in [0, 0.1) is 0 Å². The van der Waals surface area contributed by atoms with Crippen molar-refractivity contribution in [2.45, 2.75) is 39.2 Å². The molecule has 0 spiro atoms. The van der Waals surface area contributed by atoms with Gasteiger partial charge >= 0.3 is 0 Å². The normalized spacial score (nSPS) is 12.7. The number of nitrogens with zero attached hydrogens (tertiary/aromatic N) is 1. The summed E-state index contributed by atoms with van der Waals surface area (Å²) in [4.78, 5) is 0. The van der Waals surface area contributed by atoms with Gasteiger partial charge in [0.15, 0.2) is 0 Å². The lowest BCUT2D eigenvalue weighted by Gasteiger charge is -2.19. The number of aliphatic hydroxyl groups excluding tert-OH is 1. The van der Waals surface area contributed by atoms with E-state index in [0.717, 1.165) is 19.3 Å². The number of aliphatic hydroxyl groups is 1. The first-order valence-corrected chi connectivity index (χ1v) is 6.68. The van der Waals surface area contributed by atoms with Crippen LogP contribution in [-0.4, -0.2) is 44.1 Å². The molecule has 0 fully saturated rings. The van der Waals surface area contributed by atoms with E-state index in [1.807, 2.05) is 0 Å². The molecule has 15 heavy (non-hydrogen) atoms. The largest absolute Gasteiger partial charge is 0.396 e. The van der Waals surface area contributed by atoms with Gasteiger partial charge in [0.1, 0.15) is 0 Å². The predicted molar refractivity (Wildman–Crippen MR) is 60.8 cm³/mol. The quantitative estimate of drug-likeness (QED) is 0.598. The molecule has 92 valence electrons. The zero-order valence-corrected chi connectivity index (χ0v) is 10.5. The van der Waals surface area contributed by atoms with Gasteiger partial charge in [0.25, 0.3) is 10.2 Å². The minimum absolute atomic E-state index is 0.0881. The maximum absolute atomic E-state index is 11.6. The van der Waals surface area contributed by atoms with Gasteiger partial charge in [-0.15, -0.1) is 0 Å². The van der Waals surface area contributed by atoms with Crippen LogP contribution in [0.25, 0.3) is 0 Å². The average Bonchev–Trinajstić information content (AvgIpc) is 2.10. The molecular weight excluding hydrogens is 216 g/mol. The molecule has 5 nitrogen and oxygen atoms in total. The summed E-state index contributed by atoms with van der Waals surface area (Å²) in [5.74, 6) is 0. The van der Waals surface area contributed by atoms with Gasteiger partial charge in [-0.3, -0.25) is 0 Å². The van der Waals surface area contributed by atoms with Crippen molar-refractivity contribution < 1.29 is 13.5 Å². The molecule has 0 saturated carbocycles. The summed E-state index contributed by atoms with van der Waals surface area (Å²) >= 11 is 0. The number of hydrogen-bond acceptors (Lipinski definition) is 3. The number of nitrogens with one attached hydrogen (secondary N) is 1. The highest BCUT2D eigenvalue weighted by Crippen LogP contribution is 2.01. The summed E-state index contributed by atoms with van der Waals surface area (Å²) in [5, 5.41) is 8.57. The Bertz CT molecular complexity index is 252. The van der Waals surface area contributed by atoms with Crippen LogP contribution in [0.5, 0.6) is 0 Å². The highest BCUT2D eigenvalue weighted by Gasteiger charge is 2.17. The molecule has 0 aliphatic rings. The lowest BCUT2D eigenvalue weighted by molar-refractivity contribution is 0.281. The molecule has 0 aliphatic heterocycles. The zero-order valence-electron chi connectivity index (χ0n) is 9.73. The Kier molecular flexibility index (Phi) is 7.08. The van der Waals surface area contributed by atoms with Crippen molar-refractivity contribution in [3.8, 4) is 0 Å². The summed E-state index contributed by atoms with van der Waals surface area (Å²) < 4.78 is 27.0. The van der Waals surface area contributed by atoms with Gasteiger partial charge in [-0.1, -0.05) is 0 Å². The van der Waals surface area contributed by atoms with E-state index >= 15 is 0 Å². The first-order valence-electron chi connectivity index (χ1n) is 5.24. The summed E-state index contributed by atoms with van der Waals surface area (Å²) in [6.07, 6.45) is 2.35. The van der Waals surface area contributed by atoms with E-state index in [9.17, 15) is 8.42 Å². The maximum Gasteiger partial charge on any atom is 0.279 e. The molecule has 0 bridgehead atoms. The fraction of sp³-hybridized carbons (Fsp3) is 1.00. The molecule has 0 saturated heterocycles. The first-order chi connectivity index (χ1) is 6.90.